The summed E-state index contributed by atoms with van der Waals surface area (Å²) in [5, 5.41) is 3.61. The second-order valence-electron chi connectivity index (χ2n) is 6.57. The molecule has 2 nitrogen and oxygen atoms in total. The number of fused-ring (bicyclic) bond motifs is 1. The molecule has 1 spiro atoms. The molecule has 3 aliphatic rings. The zero-order valence-corrected chi connectivity index (χ0v) is 11.5. The molecular formula is C17H23NO. The second-order valence-corrected chi connectivity index (χ2v) is 6.57. The average Bonchev–Trinajstić information content (AvgIpc) is 2.45. The minimum atomic E-state index is 0.273. The summed E-state index contributed by atoms with van der Waals surface area (Å²) in [5.41, 5.74) is 3.38. The first kappa shape index (κ1) is 11.9. The lowest BCUT2D eigenvalue weighted by Crippen LogP contribution is -2.48. The van der Waals surface area contributed by atoms with E-state index in [9.17, 15) is 0 Å². The highest BCUT2D eigenvalue weighted by Crippen LogP contribution is 2.48. The molecule has 0 radical (unpaired) electrons. The van der Waals surface area contributed by atoms with E-state index in [1.165, 1.54) is 37.7 Å². The predicted molar refractivity (Wildman–Crippen MR) is 76.1 cm³/mol. The lowest BCUT2D eigenvalue weighted by atomic mass is 9.67. The molecule has 102 valence electrons. The van der Waals surface area contributed by atoms with Crippen LogP contribution < -0.4 is 5.32 Å². The van der Waals surface area contributed by atoms with Crippen molar-refractivity contribution in [3.8, 4) is 0 Å². The van der Waals surface area contributed by atoms with Gasteiger partial charge in [0, 0.05) is 19.7 Å². The van der Waals surface area contributed by atoms with Crippen molar-refractivity contribution in [2.75, 3.05) is 13.2 Å². The molecule has 2 atom stereocenters. The highest BCUT2D eigenvalue weighted by Gasteiger charge is 2.44. The molecule has 1 saturated heterocycles. The van der Waals surface area contributed by atoms with Gasteiger partial charge in [0.05, 0.1) is 5.60 Å². The van der Waals surface area contributed by atoms with Gasteiger partial charge in [-0.3, -0.25) is 0 Å². The van der Waals surface area contributed by atoms with Crippen molar-refractivity contribution in [1.29, 1.82) is 0 Å². The third-order valence-corrected chi connectivity index (χ3v) is 5.50. The zero-order valence-electron chi connectivity index (χ0n) is 11.5. The van der Waals surface area contributed by atoms with Gasteiger partial charge in [-0.25, -0.2) is 0 Å². The Kier molecular flexibility index (Phi) is 2.89. The number of nitrogens with one attached hydrogen (secondary N) is 1. The lowest BCUT2D eigenvalue weighted by molar-refractivity contribution is -0.146. The lowest BCUT2D eigenvalue weighted by Gasteiger charge is -2.49. The quantitative estimate of drug-likeness (QED) is 0.834. The molecule has 1 aliphatic carbocycles. The van der Waals surface area contributed by atoms with Gasteiger partial charge in [-0.1, -0.05) is 24.3 Å². The van der Waals surface area contributed by atoms with Crippen LogP contribution in [0.2, 0.25) is 0 Å². The fraction of sp³-hybridized carbons (Fsp3) is 0.647. The Morgan fingerprint density at radius 3 is 2.95 bits per heavy atom. The molecule has 1 aromatic rings. The zero-order chi connectivity index (χ0) is 12.7. The molecule has 4 rings (SSSR count). The first-order chi connectivity index (χ1) is 9.36. The van der Waals surface area contributed by atoms with Gasteiger partial charge in [0.15, 0.2) is 0 Å². The number of ether oxygens (including phenoxy) is 1. The van der Waals surface area contributed by atoms with Crippen LogP contribution in [0.1, 0.15) is 49.1 Å². The summed E-state index contributed by atoms with van der Waals surface area (Å²) in [6.07, 6.45) is 6.49. The van der Waals surface area contributed by atoms with E-state index in [4.69, 9.17) is 4.74 Å². The minimum absolute atomic E-state index is 0.273. The summed E-state index contributed by atoms with van der Waals surface area (Å²) in [5.74, 6) is 1.51. The molecule has 1 N–H and O–H groups in total. The molecule has 0 amide bonds. The minimum Gasteiger partial charge on any atom is -0.375 e. The van der Waals surface area contributed by atoms with E-state index in [0.717, 1.165) is 25.6 Å². The molecule has 0 bridgehead atoms. The van der Waals surface area contributed by atoms with E-state index in [2.05, 4.69) is 29.6 Å². The molecule has 2 heteroatoms. The summed E-state index contributed by atoms with van der Waals surface area (Å²) in [6.45, 7) is 3.17. The van der Waals surface area contributed by atoms with Crippen molar-refractivity contribution in [1.82, 2.24) is 5.32 Å². The number of rotatable bonds is 1. The van der Waals surface area contributed by atoms with E-state index in [-0.39, 0.29) is 5.60 Å². The predicted octanol–water partition coefficient (Wildman–Crippen LogP) is 3.22. The van der Waals surface area contributed by atoms with Crippen LogP contribution in [0.25, 0.3) is 0 Å². The van der Waals surface area contributed by atoms with Crippen molar-refractivity contribution >= 4 is 0 Å². The van der Waals surface area contributed by atoms with Crippen LogP contribution in [0.15, 0.2) is 24.3 Å². The topological polar surface area (TPSA) is 21.3 Å². The number of benzene rings is 1. The summed E-state index contributed by atoms with van der Waals surface area (Å²) < 4.78 is 6.09. The Hall–Kier alpha value is -0.860. The van der Waals surface area contributed by atoms with Crippen LogP contribution in [-0.4, -0.2) is 18.8 Å². The van der Waals surface area contributed by atoms with Gasteiger partial charge < -0.3 is 10.1 Å². The summed E-state index contributed by atoms with van der Waals surface area (Å²) >= 11 is 0. The molecule has 1 saturated carbocycles. The molecule has 1 aromatic carbocycles. The van der Waals surface area contributed by atoms with Crippen LogP contribution in [0.5, 0.6) is 0 Å². The second kappa shape index (κ2) is 4.60. The van der Waals surface area contributed by atoms with E-state index in [0.29, 0.717) is 5.92 Å². The molecule has 2 fully saturated rings. The monoisotopic (exact) mass is 257 g/mol. The van der Waals surface area contributed by atoms with E-state index >= 15 is 0 Å². The fourth-order valence-corrected chi connectivity index (χ4v) is 4.28. The van der Waals surface area contributed by atoms with Gasteiger partial charge in [-0.15, -0.1) is 0 Å². The van der Waals surface area contributed by atoms with Crippen molar-refractivity contribution < 1.29 is 4.74 Å². The molecule has 2 heterocycles. The van der Waals surface area contributed by atoms with Crippen molar-refractivity contribution in [3.05, 3.63) is 35.4 Å². The first-order valence-electron chi connectivity index (χ1n) is 7.79. The maximum atomic E-state index is 6.09. The van der Waals surface area contributed by atoms with E-state index in [1.54, 1.807) is 5.56 Å². The van der Waals surface area contributed by atoms with Crippen LogP contribution in [0.4, 0.5) is 0 Å². The number of hydrogen-bond donors (Lipinski definition) is 1. The van der Waals surface area contributed by atoms with Crippen LogP contribution in [0, 0.1) is 5.92 Å². The van der Waals surface area contributed by atoms with Gasteiger partial charge >= 0.3 is 0 Å². The molecule has 2 aliphatic heterocycles. The summed E-state index contributed by atoms with van der Waals surface area (Å²) in [6, 6.07) is 9.01. The molecule has 19 heavy (non-hydrogen) atoms. The summed E-state index contributed by atoms with van der Waals surface area (Å²) in [7, 11) is 0. The first-order valence-corrected chi connectivity index (χ1v) is 7.79. The molecule has 0 aromatic heterocycles. The van der Waals surface area contributed by atoms with E-state index in [1.807, 2.05) is 0 Å². The van der Waals surface area contributed by atoms with Crippen molar-refractivity contribution in [2.24, 2.45) is 5.92 Å². The highest BCUT2D eigenvalue weighted by molar-refractivity contribution is 5.33. The van der Waals surface area contributed by atoms with Crippen LogP contribution in [-0.2, 0) is 11.3 Å². The standard InChI is InChI=1S/C17H23NO/c1-2-5-15-14(4-1)11-18-12-16(15)13-6-9-19-17(10-13)7-3-8-17/h1-2,4-5,13,16,18H,3,6-12H2. The van der Waals surface area contributed by atoms with Crippen molar-refractivity contribution in [2.45, 2.75) is 50.2 Å². The SMILES string of the molecule is c1ccc2c(c1)CNCC2C1CCOC2(CCC2)C1. The van der Waals surface area contributed by atoms with Gasteiger partial charge in [0.25, 0.3) is 0 Å². The smallest absolute Gasteiger partial charge is 0.0685 e. The van der Waals surface area contributed by atoms with Gasteiger partial charge in [0.2, 0.25) is 0 Å². The Morgan fingerprint density at radius 1 is 1.21 bits per heavy atom. The average molecular weight is 257 g/mol. The Morgan fingerprint density at radius 2 is 2.11 bits per heavy atom. The third kappa shape index (κ3) is 2.02. The van der Waals surface area contributed by atoms with Gasteiger partial charge in [-0.2, -0.15) is 0 Å². The third-order valence-electron chi connectivity index (χ3n) is 5.50. The molecular weight excluding hydrogens is 234 g/mol. The Balaban J connectivity index is 1.59. The van der Waals surface area contributed by atoms with Gasteiger partial charge in [-0.05, 0) is 55.1 Å². The normalized spacial score (nSPS) is 32.6. The van der Waals surface area contributed by atoms with Crippen molar-refractivity contribution in [3.63, 3.8) is 0 Å². The van der Waals surface area contributed by atoms with E-state index < -0.39 is 0 Å². The van der Waals surface area contributed by atoms with Crippen LogP contribution >= 0.6 is 0 Å². The largest absolute Gasteiger partial charge is 0.375 e. The fourth-order valence-electron chi connectivity index (χ4n) is 4.28. The van der Waals surface area contributed by atoms with Crippen LogP contribution in [0.3, 0.4) is 0 Å². The highest BCUT2D eigenvalue weighted by atomic mass is 16.5. The Bertz CT molecular complexity index is 466. The summed E-state index contributed by atoms with van der Waals surface area (Å²) in [4.78, 5) is 0. The number of hydrogen-bond acceptors (Lipinski definition) is 2. The van der Waals surface area contributed by atoms with Gasteiger partial charge in [0.1, 0.15) is 0 Å². The Labute approximate surface area is 115 Å². The molecule has 2 unspecified atom stereocenters. The maximum absolute atomic E-state index is 6.09. The maximum Gasteiger partial charge on any atom is 0.0685 e.